The van der Waals surface area contributed by atoms with Gasteiger partial charge in [0.25, 0.3) is 0 Å². The molecule has 0 aromatic carbocycles. The van der Waals surface area contributed by atoms with Crippen LogP contribution in [-0.2, 0) is 9.53 Å². The summed E-state index contributed by atoms with van der Waals surface area (Å²) in [5.41, 5.74) is 2.66. The van der Waals surface area contributed by atoms with Gasteiger partial charge in [-0.3, -0.25) is 10.2 Å². The van der Waals surface area contributed by atoms with Crippen molar-refractivity contribution in [3.05, 3.63) is 0 Å². The molecule has 7 heteroatoms. The van der Waals surface area contributed by atoms with E-state index in [0.29, 0.717) is 26.3 Å². The van der Waals surface area contributed by atoms with E-state index in [0.717, 1.165) is 0 Å². The molecule has 7 nitrogen and oxygen atoms in total. The van der Waals surface area contributed by atoms with Gasteiger partial charge in [0.15, 0.2) is 0 Å². The van der Waals surface area contributed by atoms with E-state index in [4.69, 9.17) is 9.84 Å². The number of urea groups is 1. The minimum Gasteiger partial charge on any atom is -0.481 e. The van der Waals surface area contributed by atoms with Gasteiger partial charge in [-0.25, -0.2) is 9.80 Å². The highest BCUT2D eigenvalue weighted by Gasteiger charge is 2.22. The number of amides is 2. The van der Waals surface area contributed by atoms with Crippen molar-refractivity contribution in [1.82, 2.24) is 15.8 Å². The Labute approximate surface area is 106 Å². The molecular weight excluding hydrogens is 238 g/mol. The molecule has 1 aliphatic rings. The molecule has 0 aromatic rings. The quantitative estimate of drug-likeness (QED) is 0.641. The van der Waals surface area contributed by atoms with Crippen LogP contribution in [0.3, 0.4) is 0 Å². The number of rotatable bonds is 5. The Morgan fingerprint density at radius 1 is 1.33 bits per heavy atom. The minimum atomic E-state index is -0.892. The highest BCUT2D eigenvalue weighted by Crippen LogP contribution is 2.09. The minimum absolute atomic E-state index is 0.0220. The summed E-state index contributed by atoms with van der Waals surface area (Å²) in [5, 5.41) is 13.3. The Morgan fingerprint density at radius 2 is 1.94 bits per heavy atom. The van der Waals surface area contributed by atoms with Gasteiger partial charge in [-0.05, 0) is 5.92 Å². The number of nitrogens with zero attached hydrogens (tertiary/aromatic N) is 1. The van der Waals surface area contributed by atoms with Crippen molar-refractivity contribution >= 4 is 12.0 Å². The SMILES string of the molecule is CC(C)C(CNC(=O)NN1CCOCC1)C(=O)O. The number of hydrogen-bond acceptors (Lipinski definition) is 4. The van der Waals surface area contributed by atoms with E-state index >= 15 is 0 Å². The molecule has 1 atom stereocenters. The zero-order valence-electron chi connectivity index (χ0n) is 10.8. The third-order valence-electron chi connectivity index (χ3n) is 2.88. The maximum atomic E-state index is 11.6. The third kappa shape index (κ3) is 4.89. The summed E-state index contributed by atoms with van der Waals surface area (Å²) in [5.74, 6) is -1.48. The van der Waals surface area contributed by atoms with Gasteiger partial charge in [-0.2, -0.15) is 0 Å². The van der Waals surface area contributed by atoms with E-state index in [2.05, 4.69) is 10.7 Å². The molecular formula is C11H21N3O4. The number of carboxylic acids is 1. The second-order valence-electron chi connectivity index (χ2n) is 4.61. The first kappa shape index (κ1) is 14.7. The van der Waals surface area contributed by atoms with E-state index in [1.807, 2.05) is 13.8 Å². The zero-order chi connectivity index (χ0) is 13.5. The molecule has 1 fully saturated rings. The highest BCUT2D eigenvalue weighted by atomic mass is 16.5. The maximum absolute atomic E-state index is 11.6. The lowest BCUT2D eigenvalue weighted by Gasteiger charge is -2.27. The maximum Gasteiger partial charge on any atom is 0.329 e. The molecule has 0 saturated carbocycles. The van der Waals surface area contributed by atoms with Gasteiger partial charge < -0.3 is 15.2 Å². The van der Waals surface area contributed by atoms with E-state index in [-0.39, 0.29) is 18.5 Å². The van der Waals surface area contributed by atoms with Crippen LogP contribution in [0.25, 0.3) is 0 Å². The summed E-state index contributed by atoms with van der Waals surface area (Å²) in [4.78, 5) is 22.5. The molecule has 0 aromatic heterocycles. The van der Waals surface area contributed by atoms with Crippen LogP contribution in [0.4, 0.5) is 4.79 Å². The average molecular weight is 259 g/mol. The predicted molar refractivity (Wildman–Crippen MR) is 64.9 cm³/mol. The molecule has 2 amide bonds. The summed E-state index contributed by atoms with van der Waals surface area (Å²) in [6, 6.07) is -0.371. The van der Waals surface area contributed by atoms with Crippen molar-refractivity contribution in [3.63, 3.8) is 0 Å². The molecule has 3 N–H and O–H groups in total. The number of carboxylic acid groups (broad SMARTS) is 1. The van der Waals surface area contributed by atoms with Crippen molar-refractivity contribution in [2.75, 3.05) is 32.8 Å². The first-order valence-electron chi connectivity index (χ1n) is 6.10. The van der Waals surface area contributed by atoms with Gasteiger partial charge in [0.05, 0.1) is 19.1 Å². The van der Waals surface area contributed by atoms with Crippen molar-refractivity contribution in [3.8, 4) is 0 Å². The largest absolute Gasteiger partial charge is 0.481 e. The topological polar surface area (TPSA) is 90.9 Å². The Hall–Kier alpha value is -1.34. The average Bonchev–Trinajstić information content (AvgIpc) is 2.29. The van der Waals surface area contributed by atoms with Crippen LogP contribution in [-0.4, -0.2) is 55.0 Å². The second-order valence-corrected chi connectivity index (χ2v) is 4.61. The normalized spacial score (nSPS) is 18.4. The third-order valence-corrected chi connectivity index (χ3v) is 2.88. The predicted octanol–water partition coefficient (Wildman–Crippen LogP) is -0.110. The van der Waals surface area contributed by atoms with Crippen molar-refractivity contribution < 1.29 is 19.4 Å². The van der Waals surface area contributed by atoms with Crippen molar-refractivity contribution in [2.24, 2.45) is 11.8 Å². The monoisotopic (exact) mass is 259 g/mol. The number of ether oxygens (including phenoxy) is 1. The summed E-state index contributed by atoms with van der Waals surface area (Å²) in [7, 11) is 0. The molecule has 1 unspecified atom stereocenters. The van der Waals surface area contributed by atoms with Crippen LogP contribution in [0.15, 0.2) is 0 Å². The Morgan fingerprint density at radius 3 is 2.44 bits per heavy atom. The Bertz CT molecular complexity index is 290. The molecule has 1 aliphatic heterocycles. The smallest absolute Gasteiger partial charge is 0.329 e. The van der Waals surface area contributed by atoms with E-state index in [1.165, 1.54) is 0 Å². The van der Waals surface area contributed by atoms with Crippen molar-refractivity contribution in [1.29, 1.82) is 0 Å². The standard InChI is InChI=1S/C11H21N3O4/c1-8(2)9(10(15)16)7-12-11(17)13-14-3-5-18-6-4-14/h8-9H,3-7H2,1-2H3,(H,15,16)(H2,12,13,17). The lowest BCUT2D eigenvalue weighted by Crippen LogP contribution is -2.52. The molecule has 0 bridgehead atoms. The fourth-order valence-corrected chi connectivity index (χ4v) is 1.67. The van der Waals surface area contributed by atoms with Gasteiger partial charge >= 0.3 is 12.0 Å². The van der Waals surface area contributed by atoms with Gasteiger partial charge in [0.1, 0.15) is 0 Å². The fourth-order valence-electron chi connectivity index (χ4n) is 1.67. The lowest BCUT2D eigenvalue weighted by molar-refractivity contribution is -0.142. The molecule has 1 heterocycles. The summed E-state index contributed by atoms with van der Waals surface area (Å²) >= 11 is 0. The van der Waals surface area contributed by atoms with Gasteiger partial charge in [0.2, 0.25) is 0 Å². The van der Waals surface area contributed by atoms with Crippen LogP contribution in [0.2, 0.25) is 0 Å². The number of hydrazine groups is 1. The van der Waals surface area contributed by atoms with E-state index in [1.54, 1.807) is 5.01 Å². The molecule has 1 rings (SSSR count). The molecule has 104 valence electrons. The molecule has 0 radical (unpaired) electrons. The van der Waals surface area contributed by atoms with Crippen LogP contribution in [0, 0.1) is 11.8 Å². The second kappa shape index (κ2) is 7.17. The first-order valence-corrected chi connectivity index (χ1v) is 6.10. The number of carbonyl (C=O) groups is 2. The van der Waals surface area contributed by atoms with E-state index < -0.39 is 11.9 Å². The summed E-state index contributed by atoms with van der Waals surface area (Å²) in [6.07, 6.45) is 0. The molecule has 1 saturated heterocycles. The van der Waals surface area contributed by atoms with Crippen molar-refractivity contribution in [2.45, 2.75) is 13.8 Å². The molecule has 18 heavy (non-hydrogen) atoms. The Kier molecular flexibility index (Phi) is 5.87. The number of hydrogen-bond donors (Lipinski definition) is 3. The van der Waals surface area contributed by atoms with Crippen LogP contribution < -0.4 is 10.7 Å². The van der Waals surface area contributed by atoms with Crippen LogP contribution >= 0.6 is 0 Å². The number of aliphatic carboxylic acids is 1. The summed E-state index contributed by atoms with van der Waals surface area (Å²) < 4.78 is 5.15. The highest BCUT2D eigenvalue weighted by molar-refractivity contribution is 5.75. The number of carbonyl (C=O) groups excluding carboxylic acids is 1. The van der Waals surface area contributed by atoms with E-state index in [9.17, 15) is 9.59 Å². The summed E-state index contributed by atoms with van der Waals surface area (Å²) in [6.45, 7) is 6.22. The zero-order valence-corrected chi connectivity index (χ0v) is 10.8. The molecule has 0 spiro atoms. The lowest BCUT2D eigenvalue weighted by atomic mass is 9.96. The first-order chi connectivity index (χ1) is 8.50. The number of morpholine rings is 1. The van der Waals surface area contributed by atoms with Gasteiger partial charge in [-0.15, -0.1) is 0 Å². The fraction of sp³-hybridized carbons (Fsp3) is 0.818. The van der Waals surface area contributed by atoms with Gasteiger partial charge in [0, 0.05) is 19.6 Å². The molecule has 0 aliphatic carbocycles. The van der Waals surface area contributed by atoms with Crippen LogP contribution in [0.5, 0.6) is 0 Å². The Balaban J connectivity index is 2.28. The van der Waals surface area contributed by atoms with Crippen LogP contribution in [0.1, 0.15) is 13.8 Å². The number of nitrogens with one attached hydrogen (secondary N) is 2. The van der Waals surface area contributed by atoms with Gasteiger partial charge in [-0.1, -0.05) is 13.8 Å².